The van der Waals surface area contributed by atoms with E-state index >= 15 is 0 Å². The fourth-order valence-electron chi connectivity index (χ4n) is 1.48. The Bertz CT molecular complexity index is 313. The monoisotopic (exact) mass is 210 g/mol. The number of ether oxygens (including phenoxy) is 2. The summed E-state index contributed by atoms with van der Waals surface area (Å²) in [4.78, 5) is 8.05. The largest absolute Gasteiger partial charge is 0.473 e. The van der Waals surface area contributed by atoms with Crippen molar-refractivity contribution in [1.82, 2.24) is 9.97 Å². The normalized spacial score (nSPS) is 17.7. The van der Waals surface area contributed by atoms with Crippen molar-refractivity contribution in [2.75, 3.05) is 13.2 Å². The van der Waals surface area contributed by atoms with Crippen LogP contribution in [0.3, 0.4) is 0 Å². The van der Waals surface area contributed by atoms with Crippen LogP contribution < -0.4 is 4.74 Å². The van der Waals surface area contributed by atoms with Gasteiger partial charge in [-0.2, -0.15) is 0 Å². The first-order valence-corrected chi connectivity index (χ1v) is 5.04. The maximum Gasteiger partial charge on any atom is 0.232 e. The number of aliphatic hydroxyl groups is 1. The van der Waals surface area contributed by atoms with Crippen molar-refractivity contribution in [3.8, 4) is 5.88 Å². The first kappa shape index (κ1) is 10.3. The van der Waals surface area contributed by atoms with E-state index in [1.54, 1.807) is 6.20 Å². The minimum absolute atomic E-state index is 0.113. The van der Waals surface area contributed by atoms with Crippen LogP contribution in [-0.2, 0) is 11.3 Å². The minimum atomic E-state index is -0.113. The molecule has 0 bridgehead atoms. The minimum Gasteiger partial charge on any atom is -0.473 e. The molecule has 0 saturated carbocycles. The van der Waals surface area contributed by atoms with Gasteiger partial charge in [-0.3, -0.25) is 4.98 Å². The number of aromatic nitrogens is 2. The van der Waals surface area contributed by atoms with Crippen molar-refractivity contribution < 1.29 is 14.6 Å². The van der Waals surface area contributed by atoms with Crippen LogP contribution in [0.25, 0.3) is 0 Å². The van der Waals surface area contributed by atoms with Crippen molar-refractivity contribution in [2.24, 2.45) is 0 Å². The fourth-order valence-corrected chi connectivity index (χ4v) is 1.48. The van der Waals surface area contributed by atoms with Crippen LogP contribution >= 0.6 is 0 Å². The number of hydrogen-bond acceptors (Lipinski definition) is 5. The Morgan fingerprint density at radius 3 is 2.93 bits per heavy atom. The van der Waals surface area contributed by atoms with Crippen molar-refractivity contribution >= 4 is 0 Å². The van der Waals surface area contributed by atoms with Gasteiger partial charge in [-0.05, 0) is 0 Å². The van der Waals surface area contributed by atoms with E-state index in [2.05, 4.69) is 9.97 Å². The molecule has 82 valence electrons. The highest BCUT2D eigenvalue weighted by Crippen LogP contribution is 2.14. The molecule has 15 heavy (non-hydrogen) atoms. The second-order valence-corrected chi connectivity index (χ2v) is 3.44. The Morgan fingerprint density at radius 1 is 1.40 bits per heavy atom. The summed E-state index contributed by atoms with van der Waals surface area (Å²) in [6, 6.07) is 0. The Kier molecular flexibility index (Phi) is 3.47. The summed E-state index contributed by atoms with van der Waals surface area (Å²) in [6.45, 7) is 1.35. The summed E-state index contributed by atoms with van der Waals surface area (Å²) in [6.07, 6.45) is 5.00. The molecule has 1 aliphatic heterocycles. The summed E-state index contributed by atoms with van der Waals surface area (Å²) in [7, 11) is 0. The molecule has 1 aliphatic rings. The molecule has 1 fully saturated rings. The molecule has 0 amide bonds. The SMILES string of the molecule is OCc1cncc(OC2CCOCC2)n1. The van der Waals surface area contributed by atoms with Crippen molar-refractivity contribution in [3.63, 3.8) is 0 Å². The number of hydrogen-bond donors (Lipinski definition) is 1. The first-order chi connectivity index (χ1) is 7.38. The summed E-state index contributed by atoms with van der Waals surface area (Å²) in [5, 5.41) is 8.89. The number of rotatable bonds is 3. The van der Waals surface area contributed by atoms with E-state index in [-0.39, 0.29) is 12.7 Å². The maximum absolute atomic E-state index is 8.89. The van der Waals surface area contributed by atoms with Crippen LogP contribution in [0.15, 0.2) is 12.4 Å². The highest BCUT2D eigenvalue weighted by molar-refractivity contribution is 5.08. The van der Waals surface area contributed by atoms with E-state index in [4.69, 9.17) is 14.6 Å². The molecule has 0 atom stereocenters. The predicted molar refractivity (Wildman–Crippen MR) is 52.4 cm³/mol. The maximum atomic E-state index is 8.89. The van der Waals surface area contributed by atoms with E-state index in [1.165, 1.54) is 6.20 Å². The molecule has 0 aliphatic carbocycles. The van der Waals surface area contributed by atoms with Gasteiger partial charge in [-0.1, -0.05) is 0 Å². The average molecular weight is 210 g/mol. The Balaban J connectivity index is 1.96. The van der Waals surface area contributed by atoms with Gasteiger partial charge in [0.15, 0.2) is 0 Å². The van der Waals surface area contributed by atoms with E-state index in [9.17, 15) is 0 Å². The lowest BCUT2D eigenvalue weighted by Crippen LogP contribution is -2.26. The van der Waals surface area contributed by atoms with Crippen LogP contribution in [0, 0.1) is 0 Å². The van der Waals surface area contributed by atoms with Gasteiger partial charge in [0, 0.05) is 12.8 Å². The second-order valence-electron chi connectivity index (χ2n) is 3.44. The van der Waals surface area contributed by atoms with Gasteiger partial charge in [0.25, 0.3) is 0 Å². The van der Waals surface area contributed by atoms with Gasteiger partial charge in [0.1, 0.15) is 6.10 Å². The van der Waals surface area contributed by atoms with Gasteiger partial charge in [-0.25, -0.2) is 4.98 Å². The molecule has 0 spiro atoms. The summed E-state index contributed by atoms with van der Waals surface area (Å²) in [5.41, 5.74) is 0.527. The lowest BCUT2D eigenvalue weighted by atomic mass is 10.2. The highest BCUT2D eigenvalue weighted by atomic mass is 16.5. The third kappa shape index (κ3) is 2.87. The molecule has 1 saturated heterocycles. The molecule has 5 heteroatoms. The van der Waals surface area contributed by atoms with Crippen molar-refractivity contribution in [3.05, 3.63) is 18.1 Å². The van der Waals surface area contributed by atoms with Crippen LogP contribution in [0.2, 0.25) is 0 Å². The Morgan fingerprint density at radius 2 is 2.20 bits per heavy atom. The lowest BCUT2D eigenvalue weighted by molar-refractivity contribution is 0.0234. The molecule has 5 nitrogen and oxygen atoms in total. The zero-order valence-corrected chi connectivity index (χ0v) is 8.43. The first-order valence-electron chi connectivity index (χ1n) is 5.04. The Hall–Kier alpha value is -1.20. The van der Waals surface area contributed by atoms with Gasteiger partial charge < -0.3 is 14.6 Å². The van der Waals surface area contributed by atoms with E-state index in [0.29, 0.717) is 11.6 Å². The predicted octanol–water partition coefficient (Wildman–Crippen LogP) is 0.527. The average Bonchev–Trinajstić information content (AvgIpc) is 2.31. The fraction of sp³-hybridized carbons (Fsp3) is 0.600. The molecule has 1 aromatic heterocycles. The van der Waals surface area contributed by atoms with Gasteiger partial charge in [0.2, 0.25) is 5.88 Å². The van der Waals surface area contributed by atoms with Crippen LogP contribution in [-0.4, -0.2) is 34.4 Å². The number of aliphatic hydroxyl groups excluding tert-OH is 1. The molecular weight excluding hydrogens is 196 g/mol. The highest BCUT2D eigenvalue weighted by Gasteiger charge is 2.15. The third-order valence-corrected chi connectivity index (χ3v) is 2.28. The zero-order valence-electron chi connectivity index (χ0n) is 8.43. The molecule has 2 rings (SSSR count). The second kappa shape index (κ2) is 5.04. The van der Waals surface area contributed by atoms with E-state index < -0.39 is 0 Å². The zero-order chi connectivity index (χ0) is 10.5. The molecule has 1 aromatic rings. The number of nitrogens with zero attached hydrogens (tertiary/aromatic N) is 2. The van der Waals surface area contributed by atoms with Crippen LogP contribution in [0.1, 0.15) is 18.5 Å². The molecule has 1 N–H and O–H groups in total. The van der Waals surface area contributed by atoms with Gasteiger partial charge in [-0.15, -0.1) is 0 Å². The van der Waals surface area contributed by atoms with Crippen LogP contribution in [0.4, 0.5) is 0 Å². The van der Waals surface area contributed by atoms with Crippen LogP contribution in [0.5, 0.6) is 5.88 Å². The summed E-state index contributed by atoms with van der Waals surface area (Å²) < 4.78 is 10.9. The molecular formula is C10H14N2O3. The standard InChI is InChI=1S/C10H14N2O3/c13-7-8-5-11-6-10(12-8)15-9-1-3-14-4-2-9/h5-6,9,13H,1-4,7H2. The molecule has 0 radical (unpaired) electrons. The smallest absolute Gasteiger partial charge is 0.232 e. The summed E-state index contributed by atoms with van der Waals surface area (Å²) in [5.74, 6) is 0.480. The topological polar surface area (TPSA) is 64.5 Å². The third-order valence-electron chi connectivity index (χ3n) is 2.28. The van der Waals surface area contributed by atoms with E-state index in [1.807, 2.05) is 0 Å². The van der Waals surface area contributed by atoms with Gasteiger partial charge in [0.05, 0.1) is 37.9 Å². The van der Waals surface area contributed by atoms with Gasteiger partial charge >= 0.3 is 0 Å². The lowest BCUT2D eigenvalue weighted by Gasteiger charge is -2.22. The quantitative estimate of drug-likeness (QED) is 0.788. The summed E-state index contributed by atoms with van der Waals surface area (Å²) >= 11 is 0. The Labute approximate surface area is 88.1 Å². The molecule has 0 unspecified atom stereocenters. The van der Waals surface area contributed by atoms with E-state index in [0.717, 1.165) is 26.1 Å². The molecule has 0 aromatic carbocycles. The van der Waals surface area contributed by atoms with Crippen molar-refractivity contribution in [2.45, 2.75) is 25.6 Å². The molecule has 2 heterocycles. The van der Waals surface area contributed by atoms with Crippen molar-refractivity contribution in [1.29, 1.82) is 0 Å².